The largest absolute Gasteiger partial charge is 0.449 e. The highest BCUT2D eigenvalue weighted by atomic mass is 16.5. The van der Waals surface area contributed by atoms with Gasteiger partial charge in [-0.2, -0.15) is 0 Å². The van der Waals surface area contributed by atoms with E-state index in [4.69, 9.17) is 4.74 Å². The van der Waals surface area contributed by atoms with Crippen molar-refractivity contribution in [1.82, 2.24) is 9.97 Å². The van der Waals surface area contributed by atoms with Gasteiger partial charge in [-0.05, 0) is 44.5 Å². The molecule has 0 aliphatic heterocycles. The van der Waals surface area contributed by atoms with Gasteiger partial charge in [0.2, 0.25) is 0 Å². The van der Waals surface area contributed by atoms with Crippen LogP contribution in [0.3, 0.4) is 0 Å². The number of rotatable bonds is 4. The van der Waals surface area contributed by atoms with Crippen LogP contribution in [0.25, 0.3) is 11.0 Å². The summed E-state index contributed by atoms with van der Waals surface area (Å²) in [5.74, 6) is -1.00. The molecule has 0 fully saturated rings. The van der Waals surface area contributed by atoms with E-state index in [-0.39, 0.29) is 5.56 Å². The van der Waals surface area contributed by atoms with E-state index in [2.05, 4.69) is 15.3 Å². The van der Waals surface area contributed by atoms with Gasteiger partial charge in [-0.3, -0.25) is 14.8 Å². The van der Waals surface area contributed by atoms with E-state index >= 15 is 0 Å². The molecule has 1 aromatic heterocycles. The van der Waals surface area contributed by atoms with E-state index in [0.29, 0.717) is 16.7 Å². The minimum absolute atomic E-state index is 0.279. The second kappa shape index (κ2) is 7.31. The molecule has 0 saturated heterocycles. The minimum atomic E-state index is -0.949. The van der Waals surface area contributed by atoms with Crippen molar-refractivity contribution in [2.45, 2.75) is 26.9 Å². The first-order chi connectivity index (χ1) is 12.5. The maximum absolute atomic E-state index is 12.5. The van der Waals surface area contributed by atoms with Crippen molar-refractivity contribution >= 4 is 28.6 Å². The number of aromatic nitrogens is 2. The number of carbonyl (C=O) groups excluding carboxylic acids is 2. The number of para-hydroxylation sites is 1. The third kappa shape index (κ3) is 3.69. The first-order valence-electron chi connectivity index (χ1n) is 8.24. The van der Waals surface area contributed by atoms with E-state index in [9.17, 15) is 9.59 Å². The summed E-state index contributed by atoms with van der Waals surface area (Å²) in [5, 5.41) is 2.79. The zero-order valence-electron chi connectivity index (χ0n) is 14.8. The van der Waals surface area contributed by atoms with Crippen molar-refractivity contribution in [2.24, 2.45) is 0 Å². The molecule has 1 atom stereocenters. The number of anilines is 1. The molecular weight excluding hydrogens is 330 g/mol. The molecule has 6 heteroatoms. The second-order valence-electron chi connectivity index (χ2n) is 6.08. The Kier molecular flexibility index (Phi) is 4.93. The topological polar surface area (TPSA) is 81.2 Å². The summed E-state index contributed by atoms with van der Waals surface area (Å²) >= 11 is 0. The van der Waals surface area contributed by atoms with Crippen LogP contribution in [0.4, 0.5) is 5.69 Å². The van der Waals surface area contributed by atoms with Crippen LogP contribution in [0, 0.1) is 13.8 Å². The molecule has 1 amide bonds. The maximum atomic E-state index is 12.5. The van der Waals surface area contributed by atoms with Crippen LogP contribution in [0.2, 0.25) is 0 Å². The summed E-state index contributed by atoms with van der Waals surface area (Å²) in [6.07, 6.45) is 2.11. The zero-order valence-corrected chi connectivity index (χ0v) is 14.8. The lowest BCUT2D eigenvalue weighted by molar-refractivity contribution is -0.123. The lowest BCUT2D eigenvalue weighted by atomic mass is 10.1. The molecule has 26 heavy (non-hydrogen) atoms. The molecule has 3 rings (SSSR count). The van der Waals surface area contributed by atoms with Gasteiger partial charge in [-0.25, -0.2) is 4.79 Å². The monoisotopic (exact) mass is 349 g/mol. The van der Waals surface area contributed by atoms with Gasteiger partial charge in [0.15, 0.2) is 6.10 Å². The van der Waals surface area contributed by atoms with Crippen molar-refractivity contribution in [3.05, 3.63) is 65.5 Å². The average molecular weight is 349 g/mol. The number of fused-ring (bicyclic) bond motifs is 1. The Morgan fingerprint density at radius 1 is 1.08 bits per heavy atom. The van der Waals surface area contributed by atoms with Crippen LogP contribution in [0.5, 0.6) is 0 Å². The summed E-state index contributed by atoms with van der Waals surface area (Å²) in [6.45, 7) is 5.43. The van der Waals surface area contributed by atoms with Crippen LogP contribution in [-0.2, 0) is 9.53 Å². The van der Waals surface area contributed by atoms with Crippen LogP contribution in [0.15, 0.2) is 48.8 Å². The fourth-order valence-corrected chi connectivity index (χ4v) is 2.62. The fourth-order valence-electron chi connectivity index (χ4n) is 2.62. The molecule has 2 aromatic carbocycles. The van der Waals surface area contributed by atoms with E-state index in [1.807, 2.05) is 32.0 Å². The highest BCUT2D eigenvalue weighted by Gasteiger charge is 2.21. The third-order valence-electron chi connectivity index (χ3n) is 4.01. The van der Waals surface area contributed by atoms with E-state index in [1.165, 1.54) is 13.1 Å². The lowest BCUT2D eigenvalue weighted by Crippen LogP contribution is -2.30. The van der Waals surface area contributed by atoms with Crippen molar-refractivity contribution in [2.75, 3.05) is 5.32 Å². The molecule has 1 unspecified atom stereocenters. The van der Waals surface area contributed by atoms with Gasteiger partial charge in [0.1, 0.15) is 5.52 Å². The number of hydrogen-bond acceptors (Lipinski definition) is 5. The van der Waals surface area contributed by atoms with Gasteiger partial charge in [-0.15, -0.1) is 0 Å². The van der Waals surface area contributed by atoms with Gasteiger partial charge in [0, 0.05) is 18.1 Å². The molecule has 1 N–H and O–H groups in total. The van der Waals surface area contributed by atoms with Crippen LogP contribution in [-0.4, -0.2) is 27.9 Å². The molecule has 6 nitrogen and oxygen atoms in total. The van der Waals surface area contributed by atoms with Crippen molar-refractivity contribution < 1.29 is 14.3 Å². The summed E-state index contributed by atoms with van der Waals surface area (Å²) in [4.78, 5) is 33.2. The average Bonchev–Trinajstić information content (AvgIpc) is 2.63. The van der Waals surface area contributed by atoms with Gasteiger partial charge in [0.25, 0.3) is 5.91 Å². The highest BCUT2D eigenvalue weighted by Crippen LogP contribution is 2.18. The smallest absolute Gasteiger partial charge is 0.341 e. The SMILES string of the molecule is Cc1ccc(NC(=O)C(C)OC(=O)c2cccc3nccnc23)c(C)c1. The number of esters is 1. The summed E-state index contributed by atoms with van der Waals surface area (Å²) in [5.41, 5.74) is 4.07. The molecule has 0 aliphatic rings. The number of nitrogens with zero attached hydrogens (tertiary/aromatic N) is 2. The van der Waals surface area contributed by atoms with Gasteiger partial charge < -0.3 is 10.1 Å². The Labute approximate surface area is 151 Å². The fraction of sp³-hybridized carbons (Fsp3) is 0.200. The molecule has 3 aromatic rings. The number of ether oxygens (including phenoxy) is 1. The molecule has 0 bridgehead atoms. The number of amides is 1. The molecule has 0 radical (unpaired) electrons. The van der Waals surface area contributed by atoms with Gasteiger partial charge >= 0.3 is 5.97 Å². The Balaban J connectivity index is 1.73. The second-order valence-corrected chi connectivity index (χ2v) is 6.08. The number of nitrogens with one attached hydrogen (secondary N) is 1. The summed E-state index contributed by atoms with van der Waals surface area (Å²) in [7, 11) is 0. The van der Waals surface area contributed by atoms with E-state index in [0.717, 1.165) is 11.1 Å². The van der Waals surface area contributed by atoms with Crippen LogP contribution >= 0.6 is 0 Å². The van der Waals surface area contributed by atoms with Gasteiger partial charge in [0.05, 0.1) is 11.1 Å². The van der Waals surface area contributed by atoms with E-state index in [1.54, 1.807) is 24.4 Å². The number of benzene rings is 2. The molecule has 0 saturated carbocycles. The Hall–Kier alpha value is -3.28. The first kappa shape index (κ1) is 17.5. The Morgan fingerprint density at radius 3 is 2.62 bits per heavy atom. The molecule has 0 spiro atoms. The predicted molar refractivity (Wildman–Crippen MR) is 99.0 cm³/mol. The summed E-state index contributed by atoms with van der Waals surface area (Å²) in [6, 6.07) is 10.8. The predicted octanol–water partition coefficient (Wildman–Crippen LogP) is 3.43. The van der Waals surface area contributed by atoms with Crippen LogP contribution < -0.4 is 5.32 Å². The molecule has 0 aliphatic carbocycles. The minimum Gasteiger partial charge on any atom is -0.449 e. The van der Waals surface area contributed by atoms with Crippen molar-refractivity contribution in [3.63, 3.8) is 0 Å². The summed E-state index contributed by atoms with van der Waals surface area (Å²) < 4.78 is 5.32. The Morgan fingerprint density at radius 2 is 1.85 bits per heavy atom. The molecular formula is C20H19N3O3. The maximum Gasteiger partial charge on any atom is 0.341 e. The zero-order chi connectivity index (χ0) is 18.7. The quantitative estimate of drug-likeness (QED) is 0.730. The Bertz CT molecular complexity index is 980. The molecule has 1 heterocycles. The number of aryl methyl sites for hydroxylation is 2. The van der Waals surface area contributed by atoms with Crippen molar-refractivity contribution in [3.8, 4) is 0 Å². The molecule has 132 valence electrons. The van der Waals surface area contributed by atoms with E-state index < -0.39 is 18.0 Å². The first-order valence-corrected chi connectivity index (χ1v) is 8.24. The normalized spacial score (nSPS) is 11.8. The van der Waals surface area contributed by atoms with Gasteiger partial charge in [-0.1, -0.05) is 23.8 Å². The highest BCUT2D eigenvalue weighted by molar-refractivity contribution is 6.03. The van der Waals surface area contributed by atoms with Crippen LogP contribution in [0.1, 0.15) is 28.4 Å². The standard InChI is InChI=1S/C20H19N3O3/c1-12-7-8-16(13(2)11-12)23-19(24)14(3)26-20(25)15-5-4-6-17-18(15)22-10-9-21-17/h4-11,14H,1-3H3,(H,23,24). The lowest BCUT2D eigenvalue weighted by Gasteiger charge is -2.15. The number of hydrogen-bond donors (Lipinski definition) is 1. The third-order valence-corrected chi connectivity index (χ3v) is 4.01. The van der Waals surface area contributed by atoms with Crippen molar-refractivity contribution in [1.29, 1.82) is 0 Å². The number of carbonyl (C=O) groups is 2.